The van der Waals surface area contributed by atoms with E-state index in [9.17, 15) is 4.79 Å². The molecule has 18 heavy (non-hydrogen) atoms. The molecule has 1 aromatic rings. The number of rotatable bonds is 5. The second-order valence-electron chi connectivity index (χ2n) is 4.72. The van der Waals surface area contributed by atoms with Crippen molar-refractivity contribution in [3.63, 3.8) is 0 Å². The Kier molecular flexibility index (Phi) is 5.69. The van der Waals surface area contributed by atoms with Crippen LogP contribution >= 0.6 is 0 Å². The summed E-state index contributed by atoms with van der Waals surface area (Å²) >= 11 is 0. The van der Waals surface area contributed by atoms with E-state index < -0.39 is 0 Å². The lowest BCUT2D eigenvalue weighted by Gasteiger charge is -2.33. The van der Waals surface area contributed by atoms with Gasteiger partial charge in [0.25, 0.3) is 0 Å². The summed E-state index contributed by atoms with van der Waals surface area (Å²) in [5.74, 6) is 0. The van der Waals surface area contributed by atoms with Crippen LogP contribution in [0.1, 0.15) is 40.5 Å². The number of hydrogen-bond acceptors (Lipinski definition) is 1. The van der Waals surface area contributed by atoms with Crippen molar-refractivity contribution in [1.82, 2.24) is 4.90 Å². The van der Waals surface area contributed by atoms with Crippen LogP contribution in [0, 0.1) is 0 Å². The monoisotopic (exact) mass is 248 g/mol. The van der Waals surface area contributed by atoms with E-state index in [2.05, 4.69) is 33.0 Å². The quantitative estimate of drug-likeness (QED) is 0.835. The van der Waals surface area contributed by atoms with Crippen molar-refractivity contribution in [1.29, 1.82) is 0 Å². The molecule has 1 aromatic carbocycles. The molecule has 0 radical (unpaired) electrons. The number of hydrogen-bond donors (Lipinski definition) is 1. The van der Waals surface area contributed by atoms with Crippen LogP contribution in [0.15, 0.2) is 30.3 Å². The molecule has 0 aliphatic heterocycles. The summed E-state index contributed by atoms with van der Waals surface area (Å²) < 4.78 is 0. The van der Waals surface area contributed by atoms with Crippen LogP contribution in [-0.4, -0.2) is 23.0 Å². The number of nitrogens with one attached hydrogen (secondary N) is 1. The zero-order valence-corrected chi connectivity index (χ0v) is 11.8. The molecular formula is C15H24N2O. The Hall–Kier alpha value is -1.51. The van der Waals surface area contributed by atoms with E-state index in [1.807, 2.05) is 35.2 Å². The standard InChI is InChI=1S/C15H24N2O/c1-5-12(3)17(13(4)6-2)15(18)16-14-10-8-7-9-11-14/h7-13H,5-6H2,1-4H3,(H,16,18). The first-order valence-electron chi connectivity index (χ1n) is 6.74. The molecule has 0 heterocycles. The first-order valence-corrected chi connectivity index (χ1v) is 6.74. The summed E-state index contributed by atoms with van der Waals surface area (Å²) in [7, 11) is 0. The Morgan fingerprint density at radius 1 is 1.11 bits per heavy atom. The maximum atomic E-state index is 12.3. The molecule has 3 nitrogen and oxygen atoms in total. The first-order chi connectivity index (χ1) is 8.60. The molecule has 1 rings (SSSR count). The molecule has 0 saturated heterocycles. The van der Waals surface area contributed by atoms with E-state index in [4.69, 9.17) is 0 Å². The van der Waals surface area contributed by atoms with E-state index in [1.165, 1.54) is 0 Å². The van der Waals surface area contributed by atoms with Gasteiger partial charge in [-0.3, -0.25) is 0 Å². The van der Waals surface area contributed by atoms with Gasteiger partial charge < -0.3 is 10.2 Å². The van der Waals surface area contributed by atoms with Crippen molar-refractivity contribution in [2.45, 2.75) is 52.6 Å². The van der Waals surface area contributed by atoms with Crippen LogP contribution in [0.25, 0.3) is 0 Å². The van der Waals surface area contributed by atoms with Crippen LogP contribution in [0.2, 0.25) is 0 Å². The summed E-state index contributed by atoms with van der Waals surface area (Å²) in [6.07, 6.45) is 1.93. The zero-order valence-electron chi connectivity index (χ0n) is 11.8. The van der Waals surface area contributed by atoms with Crippen LogP contribution in [0.4, 0.5) is 10.5 Å². The molecule has 0 aliphatic rings. The Bertz CT molecular complexity index is 354. The minimum Gasteiger partial charge on any atom is -0.319 e. The lowest BCUT2D eigenvalue weighted by atomic mass is 10.1. The predicted molar refractivity (Wildman–Crippen MR) is 76.8 cm³/mol. The molecule has 2 atom stereocenters. The Morgan fingerprint density at radius 3 is 2.06 bits per heavy atom. The van der Waals surface area contributed by atoms with Crippen molar-refractivity contribution >= 4 is 11.7 Å². The number of nitrogens with zero attached hydrogens (tertiary/aromatic N) is 1. The van der Waals surface area contributed by atoms with Gasteiger partial charge >= 0.3 is 6.03 Å². The van der Waals surface area contributed by atoms with E-state index in [-0.39, 0.29) is 18.1 Å². The fourth-order valence-electron chi connectivity index (χ4n) is 1.94. The van der Waals surface area contributed by atoms with E-state index in [0.717, 1.165) is 18.5 Å². The van der Waals surface area contributed by atoms with E-state index in [0.29, 0.717) is 0 Å². The highest BCUT2D eigenvalue weighted by molar-refractivity contribution is 5.89. The number of anilines is 1. The molecule has 2 amide bonds. The second-order valence-corrected chi connectivity index (χ2v) is 4.72. The van der Waals surface area contributed by atoms with Gasteiger partial charge in [0.05, 0.1) is 0 Å². The van der Waals surface area contributed by atoms with Gasteiger partial charge in [-0.15, -0.1) is 0 Å². The van der Waals surface area contributed by atoms with Crippen LogP contribution in [0.5, 0.6) is 0 Å². The van der Waals surface area contributed by atoms with Gasteiger partial charge in [0.1, 0.15) is 0 Å². The van der Waals surface area contributed by atoms with Crippen molar-refractivity contribution < 1.29 is 4.79 Å². The van der Waals surface area contributed by atoms with Crippen LogP contribution in [-0.2, 0) is 0 Å². The maximum absolute atomic E-state index is 12.3. The summed E-state index contributed by atoms with van der Waals surface area (Å²) in [5.41, 5.74) is 0.846. The molecule has 0 fully saturated rings. The van der Waals surface area contributed by atoms with Gasteiger partial charge in [-0.2, -0.15) is 0 Å². The summed E-state index contributed by atoms with van der Waals surface area (Å²) in [5, 5.41) is 2.96. The van der Waals surface area contributed by atoms with Gasteiger partial charge in [0, 0.05) is 17.8 Å². The average Bonchev–Trinajstić information content (AvgIpc) is 2.39. The molecule has 1 N–H and O–H groups in total. The number of amides is 2. The van der Waals surface area contributed by atoms with Gasteiger partial charge in [0.15, 0.2) is 0 Å². The largest absolute Gasteiger partial charge is 0.322 e. The van der Waals surface area contributed by atoms with Crippen molar-refractivity contribution in [2.24, 2.45) is 0 Å². The minimum atomic E-state index is -0.00935. The molecule has 0 aromatic heterocycles. The lowest BCUT2D eigenvalue weighted by molar-refractivity contribution is 0.163. The fraction of sp³-hybridized carbons (Fsp3) is 0.533. The number of carbonyl (C=O) groups is 1. The smallest absolute Gasteiger partial charge is 0.319 e. The predicted octanol–water partition coefficient (Wildman–Crippen LogP) is 4.12. The molecule has 100 valence electrons. The van der Waals surface area contributed by atoms with Gasteiger partial charge in [0.2, 0.25) is 0 Å². The molecule has 3 heteroatoms. The van der Waals surface area contributed by atoms with Crippen molar-refractivity contribution in [3.05, 3.63) is 30.3 Å². The molecular weight excluding hydrogens is 224 g/mol. The molecule has 0 saturated carbocycles. The lowest BCUT2D eigenvalue weighted by Crippen LogP contribution is -2.46. The highest BCUT2D eigenvalue weighted by atomic mass is 16.2. The number of carbonyl (C=O) groups excluding carboxylic acids is 1. The molecule has 2 unspecified atom stereocenters. The highest BCUT2D eigenvalue weighted by Gasteiger charge is 2.23. The average molecular weight is 248 g/mol. The van der Waals surface area contributed by atoms with E-state index in [1.54, 1.807) is 0 Å². The topological polar surface area (TPSA) is 32.3 Å². The Balaban J connectivity index is 2.77. The number of urea groups is 1. The van der Waals surface area contributed by atoms with Gasteiger partial charge in [-0.25, -0.2) is 4.79 Å². The summed E-state index contributed by atoms with van der Waals surface area (Å²) in [4.78, 5) is 14.3. The number of para-hydroxylation sites is 1. The Morgan fingerprint density at radius 2 is 1.61 bits per heavy atom. The van der Waals surface area contributed by atoms with Crippen LogP contribution < -0.4 is 5.32 Å². The van der Waals surface area contributed by atoms with Gasteiger partial charge in [-0.05, 0) is 38.8 Å². The highest BCUT2D eigenvalue weighted by Crippen LogP contribution is 2.15. The molecule has 0 bridgehead atoms. The Labute approximate surface area is 110 Å². The van der Waals surface area contributed by atoms with Gasteiger partial charge in [-0.1, -0.05) is 32.0 Å². The number of benzene rings is 1. The van der Waals surface area contributed by atoms with E-state index >= 15 is 0 Å². The molecule has 0 aliphatic carbocycles. The zero-order chi connectivity index (χ0) is 13.5. The maximum Gasteiger partial charge on any atom is 0.322 e. The van der Waals surface area contributed by atoms with Crippen LogP contribution in [0.3, 0.4) is 0 Å². The first kappa shape index (κ1) is 14.6. The fourth-order valence-corrected chi connectivity index (χ4v) is 1.94. The summed E-state index contributed by atoms with van der Waals surface area (Å²) in [6.45, 7) is 8.40. The second kappa shape index (κ2) is 7.04. The van der Waals surface area contributed by atoms with Crippen molar-refractivity contribution in [2.75, 3.05) is 5.32 Å². The summed E-state index contributed by atoms with van der Waals surface area (Å²) in [6, 6.07) is 10.1. The normalized spacial score (nSPS) is 13.8. The molecule has 0 spiro atoms. The van der Waals surface area contributed by atoms with Crippen molar-refractivity contribution in [3.8, 4) is 0 Å². The SMILES string of the molecule is CCC(C)N(C(=O)Nc1ccccc1)C(C)CC. The minimum absolute atomic E-state index is 0.00935. The third kappa shape index (κ3) is 3.76. The third-order valence-electron chi connectivity index (χ3n) is 3.39. The third-order valence-corrected chi connectivity index (χ3v) is 3.39.